The van der Waals surface area contributed by atoms with Gasteiger partial charge in [-0.05, 0) is 30.0 Å². The molecule has 0 bridgehead atoms. The molecule has 0 saturated heterocycles. The van der Waals surface area contributed by atoms with Gasteiger partial charge in [-0.2, -0.15) is 0 Å². The first kappa shape index (κ1) is 8.30. The fourth-order valence-electron chi connectivity index (χ4n) is 1.65. The molecule has 1 N–H and O–H groups in total. The third-order valence-corrected chi connectivity index (χ3v) is 2.39. The molecular formula is C11H12NO. The summed E-state index contributed by atoms with van der Waals surface area (Å²) in [7, 11) is 0. The molecule has 0 aromatic heterocycles. The molecule has 0 unspecified atom stereocenters. The summed E-state index contributed by atoms with van der Waals surface area (Å²) in [5, 5.41) is 2.88. The van der Waals surface area contributed by atoms with E-state index in [1.807, 2.05) is 12.1 Å². The first-order chi connectivity index (χ1) is 6.36. The molecule has 2 heteroatoms. The molecule has 0 saturated carbocycles. The van der Waals surface area contributed by atoms with E-state index in [2.05, 4.69) is 17.4 Å². The summed E-state index contributed by atoms with van der Waals surface area (Å²) < 4.78 is 0. The molecule has 0 aliphatic carbocycles. The second kappa shape index (κ2) is 3.60. The number of hydrogen-bond donors (Lipinski definition) is 1. The molecule has 1 aliphatic heterocycles. The van der Waals surface area contributed by atoms with Crippen molar-refractivity contribution in [3.05, 3.63) is 35.4 Å². The lowest BCUT2D eigenvalue weighted by atomic mass is 9.99. The van der Waals surface area contributed by atoms with Crippen LogP contribution < -0.4 is 5.32 Å². The predicted octanol–water partition coefficient (Wildman–Crippen LogP) is 1.09. The van der Waals surface area contributed by atoms with Gasteiger partial charge in [0.15, 0.2) is 0 Å². The SMILES string of the molecule is O=C1CCc2c[c]ccc2CCN1. The molecule has 0 spiro atoms. The molecule has 2 nitrogen and oxygen atoms in total. The number of nitrogens with one attached hydrogen (secondary N) is 1. The van der Waals surface area contributed by atoms with E-state index in [1.165, 1.54) is 11.1 Å². The number of benzene rings is 1. The van der Waals surface area contributed by atoms with Crippen LogP contribution in [0.3, 0.4) is 0 Å². The van der Waals surface area contributed by atoms with Crippen LogP contribution in [0.1, 0.15) is 17.5 Å². The van der Waals surface area contributed by atoms with Gasteiger partial charge in [0, 0.05) is 13.0 Å². The van der Waals surface area contributed by atoms with Crippen LogP contribution in [-0.2, 0) is 17.6 Å². The molecule has 1 aromatic carbocycles. The summed E-state index contributed by atoms with van der Waals surface area (Å²) >= 11 is 0. The van der Waals surface area contributed by atoms with Gasteiger partial charge in [-0.1, -0.05) is 18.2 Å². The zero-order valence-corrected chi connectivity index (χ0v) is 7.47. The van der Waals surface area contributed by atoms with Crippen molar-refractivity contribution >= 4 is 5.91 Å². The minimum absolute atomic E-state index is 0.162. The van der Waals surface area contributed by atoms with E-state index in [0.29, 0.717) is 6.42 Å². The number of rotatable bonds is 0. The highest BCUT2D eigenvalue weighted by molar-refractivity contribution is 5.76. The fraction of sp³-hybridized carbons (Fsp3) is 0.364. The maximum Gasteiger partial charge on any atom is 0.220 e. The van der Waals surface area contributed by atoms with E-state index in [1.54, 1.807) is 0 Å². The summed E-state index contributed by atoms with van der Waals surface area (Å²) in [6.45, 7) is 0.760. The number of fused-ring (bicyclic) bond motifs is 1. The Labute approximate surface area is 78.0 Å². The third-order valence-electron chi connectivity index (χ3n) is 2.39. The van der Waals surface area contributed by atoms with Crippen molar-refractivity contribution in [3.8, 4) is 0 Å². The predicted molar refractivity (Wildman–Crippen MR) is 50.3 cm³/mol. The summed E-state index contributed by atoms with van der Waals surface area (Å²) in [5.74, 6) is 0.162. The number of aryl methyl sites for hydroxylation is 1. The Morgan fingerprint density at radius 1 is 1.23 bits per heavy atom. The smallest absolute Gasteiger partial charge is 0.220 e. The maximum absolute atomic E-state index is 11.1. The fourth-order valence-corrected chi connectivity index (χ4v) is 1.65. The van der Waals surface area contributed by atoms with Gasteiger partial charge in [0.1, 0.15) is 0 Å². The van der Waals surface area contributed by atoms with Crippen LogP contribution in [-0.4, -0.2) is 12.5 Å². The van der Waals surface area contributed by atoms with Crippen LogP contribution in [0.2, 0.25) is 0 Å². The normalized spacial score (nSPS) is 16.8. The van der Waals surface area contributed by atoms with Gasteiger partial charge < -0.3 is 5.32 Å². The van der Waals surface area contributed by atoms with E-state index < -0.39 is 0 Å². The second-order valence-corrected chi connectivity index (χ2v) is 3.29. The van der Waals surface area contributed by atoms with E-state index in [0.717, 1.165) is 19.4 Å². The number of carbonyl (C=O) groups excluding carboxylic acids is 1. The number of hydrogen-bond acceptors (Lipinski definition) is 1. The van der Waals surface area contributed by atoms with E-state index in [9.17, 15) is 4.79 Å². The molecule has 1 aliphatic rings. The van der Waals surface area contributed by atoms with Crippen molar-refractivity contribution < 1.29 is 4.79 Å². The standard InChI is InChI=1S/C11H12NO/c13-11-6-5-9-3-1-2-4-10(9)7-8-12-11/h2-4H,5-8H2,(H,12,13). The molecule has 1 radical (unpaired) electrons. The average molecular weight is 174 g/mol. The lowest BCUT2D eigenvalue weighted by Gasteiger charge is -2.13. The minimum atomic E-state index is 0.162. The van der Waals surface area contributed by atoms with Crippen molar-refractivity contribution in [1.29, 1.82) is 0 Å². The van der Waals surface area contributed by atoms with Crippen molar-refractivity contribution in [2.75, 3.05) is 6.54 Å². The molecule has 0 fully saturated rings. The largest absolute Gasteiger partial charge is 0.356 e. The quantitative estimate of drug-likeness (QED) is 0.626. The lowest BCUT2D eigenvalue weighted by molar-refractivity contribution is -0.121. The monoisotopic (exact) mass is 174 g/mol. The first-order valence-corrected chi connectivity index (χ1v) is 4.61. The highest BCUT2D eigenvalue weighted by Gasteiger charge is 2.09. The van der Waals surface area contributed by atoms with E-state index in [-0.39, 0.29) is 5.91 Å². The zero-order chi connectivity index (χ0) is 9.10. The Morgan fingerprint density at radius 2 is 2.15 bits per heavy atom. The van der Waals surface area contributed by atoms with E-state index in [4.69, 9.17) is 0 Å². The van der Waals surface area contributed by atoms with Crippen LogP contribution in [0.15, 0.2) is 18.2 Å². The molecule has 13 heavy (non-hydrogen) atoms. The van der Waals surface area contributed by atoms with Crippen LogP contribution in [0, 0.1) is 6.07 Å². The Hall–Kier alpha value is -1.31. The first-order valence-electron chi connectivity index (χ1n) is 4.61. The minimum Gasteiger partial charge on any atom is -0.356 e. The van der Waals surface area contributed by atoms with Crippen molar-refractivity contribution in [2.45, 2.75) is 19.3 Å². The summed E-state index contributed by atoms with van der Waals surface area (Å²) in [6, 6.07) is 9.07. The zero-order valence-electron chi connectivity index (χ0n) is 7.47. The summed E-state index contributed by atoms with van der Waals surface area (Å²) in [5.41, 5.74) is 2.62. The van der Waals surface area contributed by atoms with Gasteiger partial charge >= 0.3 is 0 Å². The van der Waals surface area contributed by atoms with E-state index >= 15 is 0 Å². The van der Waals surface area contributed by atoms with Crippen LogP contribution in [0.4, 0.5) is 0 Å². The molecule has 1 amide bonds. The Bertz CT molecular complexity index is 320. The van der Waals surface area contributed by atoms with Gasteiger partial charge in [-0.3, -0.25) is 4.79 Å². The van der Waals surface area contributed by atoms with Crippen molar-refractivity contribution in [1.82, 2.24) is 5.32 Å². The highest BCUT2D eigenvalue weighted by Crippen LogP contribution is 2.12. The Morgan fingerprint density at radius 3 is 3.08 bits per heavy atom. The van der Waals surface area contributed by atoms with Gasteiger partial charge in [-0.25, -0.2) is 0 Å². The van der Waals surface area contributed by atoms with Crippen molar-refractivity contribution in [2.24, 2.45) is 0 Å². The molecular weight excluding hydrogens is 162 g/mol. The molecule has 0 atom stereocenters. The Balaban J connectivity index is 2.24. The summed E-state index contributed by atoms with van der Waals surface area (Å²) in [4.78, 5) is 11.1. The lowest BCUT2D eigenvalue weighted by Crippen LogP contribution is -2.28. The molecule has 1 aromatic rings. The topological polar surface area (TPSA) is 29.1 Å². The van der Waals surface area contributed by atoms with Crippen molar-refractivity contribution in [3.63, 3.8) is 0 Å². The van der Waals surface area contributed by atoms with Gasteiger partial charge in [0.25, 0.3) is 0 Å². The third kappa shape index (κ3) is 1.89. The number of carbonyl (C=O) groups is 1. The second-order valence-electron chi connectivity index (χ2n) is 3.29. The van der Waals surface area contributed by atoms with Crippen LogP contribution in [0.5, 0.6) is 0 Å². The number of amides is 1. The summed E-state index contributed by atoms with van der Waals surface area (Å²) in [6.07, 6.45) is 2.39. The van der Waals surface area contributed by atoms with Crippen LogP contribution >= 0.6 is 0 Å². The van der Waals surface area contributed by atoms with Gasteiger partial charge in [0.2, 0.25) is 5.91 Å². The Kier molecular flexibility index (Phi) is 2.30. The average Bonchev–Trinajstić information content (AvgIpc) is 2.13. The maximum atomic E-state index is 11.1. The molecule has 2 rings (SSSR count). The highest BCUT2D eigenvalue weighted by atomic mass is 16.1. The van der Waals surface area contributed by atoms with Gasteiger partial charge in [-0.15, -0.1) is 0 Å². The van der Waals surface area contributed by atoms with Gasteiger partial charge in [0.05, 0.1) is 0 Å². The molecule has 67 valence electrons. The van der Waals surface area contributed by atoms with Crippen LogP contribution in [0.25, 0.3) is 0 Å². The molecule has 1 heterocycles.